The molecular formula is C23H33BrN2O4. The zero-order valence-electron chi connectivity index (χ0n) is 18.2. The van der Waals surface area contributed by atoms with Crippen LogP contribution in [0.2, 0.25) is 0 Å². The number of hydrogen-bond acceptors (Lipinski definition) is 4. The largest absolute Gasteiger partial charge is 0.490 e. The van der Waals surface area contributed by atoms with Crippen molar-refractivity contribution in [3.05, 3.63) is 28.7 Å². The van der Waals surface area contributed by atoms with E-state index in [1.54, 1.807) is 21.0 Å². The van der Waals surface area contributed by atoms with Gasteiger partial charge in [0.15, 0.2) is 0 Å². The van der Waals surface area contributed by atoms with E-state index in [9.17, 15) is 9.59 Å². The van der Waals surface area contributed by atoms with E-state index in [0.29, 0.717) is 25.9 Å². The molecule has 0 bridgehead atoms. The first-order chi connectivity index (χ1) is 14.3. The first kappa shape index (κ1) is 23.1. The Morgan fingerprint density at radius 2 is 1.87 bits per heavy atom. The Morgan fingerprint density at radius 1 is 1.13 bits per heavy atom. The highest BCUT2D eigenvalue weighted by molar-refractivity contribution is 9.10. The first-order valence-corrected chi connectivity index (χ1v) is 11.6. The van der Waals surface area contributed by atoms with Gasteiger partial charge in [-0.05, 0) is 51.3 Å². The number of piperidine rings is 2. The van der Waals surface area contributed by atoms with Crippen LogP contribution in [-0.4, -0.2) is 66.6 Å². The minimum Gasteiger partial charge on any atom is -0.490 e. The van der Waals surface area contributed by atoms with Crippen LogP contribution in [0.5, 0.6) is 5.75 Å². The molecule has 0 N–H and O–H groups in total. The van der Waals surface area contributed by atoms with Crippen molar-refractivity contribution in [2.45, 2.75) is 57.7 Å². The second-order valence-corrected chi connectivity index (χ2v) is 9.69. The summed E-state index contributed by atoms with van der Waals surface area (Å²) >= 11 is 3.49. The third kappa shape index (κ3) is 5.76. The van der Waals surface area contributed by atoms with Crippen molar-refractivity contribution in [1.82, 2.24) is 9.80 Å². The average molecular weight is 481 g/mol. The van der Waals surface area contributed by atoms with Crippen molar-refractivity contribution in [2.24, 2.45) is 5.92 Å². The molecule has 2 aliphatic rings. The molecule has 6 nitrogen and oxygen atoms in total. The molecule has 1 aromatic rings. The van der Waals surface area contributed by atoms with Crippen LogP contribution in [0, 0.1) is 5.92 Å². The van der Waals surface area contributed by atoms with Crippen molar-refractivity contribution >= 4 is 27.7 Å². The second-order valence-electron chi connectivity index (χ2n) is 8.77. The lowest BCUT2D eigenvalue weighted by Gasteiger charge is -2.41. The average Bonchev–Trinajstić information content (AvgIpc) is 2.75. The Kier molecular flexibility index (Phi) is 7.80. The van der Waals surface area contributed by atoms with Gasteiger partial charge in [-0.25, -0.2) is 0 Å². The SMILES string of the molecule is COC(C)(C)C(=O)N1CC[C@H](Oc2cccc(Br)c2)[C@@H](CC(=O)N2CCCCC2)C1. The quantitative estimate of drug-likeness (QED) is 0.619. The number of carbonyl (C=O) groups is 2. The molecule has 0 aromatic heterocycles. The molecule has 0 saturated carbocycles. The maximum absolute atomic E-state index is 13.0. The van der Waals surface area contributed by atoms with E-state index < -0.39 is 5.60 Å². The summed E-state index contributed by atoms with van der Waals surface area (Å²) in [6.45, 7) is 6.34. The molecule has 3 rings (SSSR count). The summed E-state index contributed by atoms with van der Waals surface area (Å²) in [4.78, 5) is 29.7. The van der Waals surface area contributed by atoms with Gasteiger partial charge in [-0.3, -0.25) is 9.59 Å². The molecule has 0 spiro atoms. The fourth-order valence-electron chi connectivity index (χ4n) is 4.23. The first-order valence-electron chi connectivity index (χ1n) is 10.8. The highest BCUT2D eigenvalue weighted by atomic mass is 79.9. The number of hydrogen-bond donors (Lipinski definition) is 0. The Labute approximate surface area is 188 Å². The summed E-state index contributed by atoms with van der Waals surface area (Å²) in [5, 5.41) is 0. The zero-order chi connectivity index (χ0) is 21.7. The molecule has 2 atom stereocenters. The fourth-order valence-corrected chi connectivity index (χ4v) is 4.60. The van der Waals surface area contributed by atoms with Gasteiger partial charge < -0.3 is 19.3 Å². The van der Waals surface area contributed by atoms with Crippen LogP contribution in [0.1, 0.15) is 46.0 Å². The number of likely N-dealkylation sites (tertiary alicyclic amines) is 2. The number of methoxy groups -OCH3 is 1. The lowest BCUT2D eigenvalue weighted by atomic mass is 9.89. The summed E-state index contributed by atoms with van der Waals surface area (Å²) in [7, 11) is 1.55. The molecule has 0 unspecified atom stereocenters. The van der Waals surface area contributed by atoms with Crippen molar-refractivity contribution in [3.8, 4) is 5.75 Å². The smallest absolute Gasteiger partial charge is 0.254 e. The summed E-state index contributed by atoms with van der Waals surface area (Å²) in [6, 6.07) is 7.76. The number of ether oxygens (including phenoxy) is 2. The molecule has 0 aliphatic carbocycles. The number of rotatable bonds is 6. The topological polar surface area (TPSA) is 59.1 Å². The van der Waals surface area contributed by atoms with Crippen molar-refractivity contribution < 1.29 is 19.1 Å². The number of nitrogens with zero attached hydrogens (tertiary/aromatic N) is 2. The van der Waals surface area contributed by atoms with Gasteiger partial charge in [0.05, 0.1) is 0 Å². The van der Waals surface area contributed by atoms with Gasteiger partial charge >= 0.3 is 0 Å². The van der Waals surface area contributed by atoms with E-state index in [1.807, 2.05) is 34.1 Å². The predicted octanol–water partition coefficient (Wildman–Crippen LogP) is 3.87. The lowest BCUT2D eigenvalue weighted by Crippen LogP contribution is -2.54. The Balaban J connectivity index is 1.73. The molecular weight excluding hydrogens is 448 g/mol. The van der Waals surface area contributed by atoms with Crippen LogP contribution in [0.4, 0.5) is 0 Å². The number of amides is 2. The minimum absolute atomic E-state index is 0.0404. The molecule has 2 aliphatic heterocycles. The summed E-state index contributed by atoms with van der Waals surface area (Å²) in [6.07, 6.45) is 4.31. The minimum atomic E-state index is -0.876. The molecule has 166 valence electrons. The fraction of sp³-hybridized carbons (Fsp3) is 0.652. The van der Waals surface area contributed by atoms with Gasteiger partial charge in [0.1, 0.15) is 17.5 Å². The van der Waals surface area contributed by atoms with E-state index in [4.69, 9.17) is 9.47 Å². The Bertz CT molecular complexity index is 748. The number of benzene rings is 1. The van der Waals surface area contributed by atoms with Crippen LogP contribution in [0.25, 0.3) is 0 Å². The standard InChI is InChI=1S/C23H33BrN2O4/c1-23(2,29-3)22(28)26-13-10-20(30-19-9-7-8-18(24)15-19)17(16-26)14-21(27)25-11-5-4-6-12-25/h7-9,15,17,20H,4-6,10-14,16H2,1-3H3/t17-,20-/m0/s1. The summed E-state index contributed by atoms with van der Waals surface area (Å²) in [5.41, 5.74) is -0.876. The van der Waals surface area contributed by atoms with Crippen LogP contribution in [0.15, 0.2) is 28.7 Å². The molecule has 2 heterocycles. The lowest BCUT2D eigenvalue weighted by molar-refractivity contribution is -0.155. The molecule has 1 aromatic carbocycles. The van der Waals surface area contributed by atoms with Gasteiger partial charge in [0, 0.05) is 56.5 Å². The molecule has 30 heavy (non-hydrogen) atoms. The number of carbonyl (C=O) groups excluding carboxylic acids is 2. The van der Waals surface area contributed by atoms with Gasteiger partial charge in [0.25, 0.3) is 5.91 Å². The van der Waals surface area contributed by atoms with Gasteiger partial charge in [-0.15, -0.1) is 0 Å². The Morgan fingerprint density at radius 3 is 2.53 bits per heavy atom. The summed E-state index contributed by atoms with van der Waals surface area (Å²) < 4.78 is 12.7. The van der Waals surface area contributed by atoms with E-state index in [-0.39, 0.29) is 23.8 Å². The third-order valence-corrected chi connectivity index (χ3v) is 6.70. The second kappa shape index (κ2) is 10.1. The highest BCUT2D eigenvalue weighted by Gasteiger charge is 2.39. The molecule has 2 fully saturated rings. The normalized spacial score (nSPS) is 22.7. The molecule has 2 saturated heterocycles. The van der Waals surface area contributed by atoms with E-state index in [1.165, 1.54) is 6.42 Å². The van der Waals surface area contributed by atoms with Gasteiger partial charge in [-0.1, -0.05) is 22.0 Å². The van der Waals surface area contributed by atoms with E-state index in [0.717, 1.165) is 36.2 Å². The molecule has 7 heteroatoms. The Hall–Kier alpha value is -1.60. The number of halogens is 1. The molecule has 2 amide bonds. The van der Waals surface area contributed by atoms with Crippen LogP contribution >= 0.6 is 15.9 Å². The van der Waals surface area contributed by atoms with Crippen molar-refractivity contribution in [2.75, 3.05) is 33.3 Å². The van der Waals surface area contributed by atoms with Crippen LogP contribution < -0.4 is 4.74 Å². The van der Waals surface area contributed by atoms with Gasteiger partial charge in [0.2, 0.25) is 5.91 Å². The monoisotopic (exact) mass is 480 g/mol. The zero-order valence-corrected chi connectivity index (χ0v) is 19.8. The maximum atomic E-state index is 13.0. The van der Waals surface area contributed by atoms with Crippen molar-refractivity contribution in [1.29, 1.82) is 0 Å². The van der Waals surface area contributed by atoms with Gasteiger partial charge in [-0.2, -0.15) is 0 Å². The predicted molar refractivity (Wildman–Crippen MR) is 119 cm³/mol. The maximum Gasteiger partial charge on any atom is 0.254 e. The molecule has 0 radical (unpaired) electrons. The van der Waals surface area contributed by atoms with Crippen molar-refractivity contribution in [3.63, 3.8) is 0 Å². The third-order valence-electron chi connectivity index (χ3n) is 6.21. The van der Waals surface area contributed by atoms with E-state index >= 15 is 0 Å². The van der Waals surface area contributed by atoms with Crippen LogP contribution in [0.3, 0.4) is 0 Å². The van der Waals surface area contributed by atoms with Crippen LogP contribution in [-0.2, 0) is 14.3 Å². The highest BCUT2D eigenvalue weighted by Crippen LogP contribution is 2.29. The van der Waals surface area contributed by atoms with E-state index in [2.05, 4.69) is 15.9 Å². The summed E-state index contributed by atoms with van der Waals surface area (Å²) in [5.74, 6) is 0.856.